The fraction of sp³-hybridized carbons (Fsp3) is 0.407. The highest BCUT2D eigenvalue weighted by atomic mass is 32.1. The number of pyridine rings is 1. The molecule has 2 aliphatic heterocycles. The molecule has 3 aromatic rings. The van der Waals surface area contributed by atoms with Crippen LogP contribution in [0.3, 0.4) is 0 Å². The summed E-state index contributed by atoms with van der Waals surface area (Å²) in [6.07, 6.45) is 11.6. The molecule has 0 bridgehead atoms. The topological polar surface area (TPSA) is 45.6 Å². The first-order valence-electron chi connectivity index (χ1n) is 12.4. The molecule has 1 saturated carbocycles. The lowest BCUT2D eigenvalue weighted by Crippen LogP contribution is -2.36. The van der Waals surface area contributed by atoms with Crippen LogP contribution in [0.5, 0.6) is 0 Å². The summed E-state index contributed by atoms with van der Waals surface area (Å²) >= 11 is 5.90. The van der Waals surface area contributed by atoms with Crippen molar-refractivity contribution >= 4 is 28.7 Å². The van der Waals surface area contributed by atoms with Crippen molar-refractivity contribution in [1.82, 2.24) is 14.9 Å². The van der Waals surface area contributed by atoms with Gasteiger partial charge in [-0.3, -0.25) is 4.98 Å². The molecule has 1 aliphatic carbocycles. The van der Waals surface area contributed by atoms with Gasteiger partial charge in [0.15, 0.2) is 5.11 Å². The Morgan fingerprint density at radius 2 is 1.71 bits per heavy atom. The molecular weight excluding hydrogens is 442 g/mol. The molecule has 2 aromatic heterocycles. The molecule has 7 heteroatoms. The van der Waals surface area contributed by atoms with Gasteiger partial charge in [-0.15, -0.1) is 0 Å². The molecule has 2 saturated heterocycles. The van der Waals surface area contributed by atoms with Crippen molar-refractivity contribution in [3.05, 3.63) is 78.4 Å². The van der Waals surface area contributed by atoms with Crippen molar-refractivity contribution in [3.8, 4) is 0 Å². The third-order valence-electron chi connectivity index (χ3n) is 7.43. The standard InChI is InChI=1S/C27H31N5OS/c34-27-29-25(24-7-3-4-13-28-24)26(20-12-14-31(19-20)21-5-1-2-6-21)32(27)23-10-8-22(9-11-23)30-15-17-33-18-16-30/h3-4,7-14,19,21,25-26H,1-2,5-6,15-18H2,(H,29,34)/t25-,26+/m1/s1. The molecule has 34 heavy (non-hydrogen) atoms. The minimum absolute atomic E-state index is 0.00736. The summed E-state index contributed by atoms with van der Waals surface area (Å²) in [5, 5.41) is 4.33. The average molecular weight is 474 g/mol. The van der Waals surface area contributed by atoms with Crippen LogP contribution in [0.25, 0.3) is 0 Å². The largest absolute Gasteiger partial charge is 0.378 e. The van der Waals surface area contributed by atoms with Crippen LogP contribution in [-0.4, -0.2) is 41.0 Å². The molecule has 6 rings (SSSR count). The minimum Gasteiger partial charge on any atom is -0.378 e. The number of hydrogen-bond acceptors (Lipinski definition) is 4. The van der Waals surface area contributed by atoms with Crippen LogP contribution in [0.15, 0.2) is 67.1 Å². The molecule has 1 aromatic carbocycles. The molecule has 0 radical (unpaired) electrons. The van der Waals surface area contributed by atoms with Crippen LogP contribution in [0.1, 0.15) is 55.1 Å². The van der Waals surface area contributed by atoms with E-state index in [2.05, 4.69) is 73.5 Å². The van der Waals surface area contributed by atoms with Gasteiger partial charge < -0.3 is 24.4 Å². The molecule has 1 N–H and O–H groups in total. The van der Waals surface area contributed by atoms with Crippen LogP contribution in [0.2, 0.25) is 0 Å². The summed E-state index contributed by atoms with van der Waals surface area (Å²) in [6, 6.07) is 17.8. The number of hydrogen-bond donors (Lipinski definition) is 1. The van der Waals surface area contributed by atoms with Gasteiger partial charge in [0.25, 0.3) is 0 Å². The maximum absolute atomic E-state index is 5.90. The normalized spacial score (nSPS) is 23.5. The van der Waals surface area contributed by atoms with Crippen molar-refractivity contribution in [2.75, 3.05) is 36.1 Å². The monoisotopic (exact) mass is 473 g/mol. The van der Waals surface area contributed by atoms with Crippen molar-refractivity contribution in [1.29, 1.82) is 0 Å². The van der Waals surface area contributed by atoms with E-state index in [9.17, 15) is 0 Å². The molecule has 4 heterocycles. The van der Waals surface area contributed by atoms with Gasteiger partial charge in [-0.25, -0.2) is 0 Å². The molecule has 0 spiro atoms. The number of nitrogens with zero attached hydrogens (tertiary/aromatic N) is 4. The van der Waals surface area contributed by atoms with E-state index in [4.69, 9.17) is 17.0 Å². The van der Waals surface area contributed by atoms with Crippen LogP contribution in [0.4, 0.5) is 11.4 Å². The number of aromatic nitrogens is 2. The molecule has 3 aliphatic rings. The molecule has 6 nitrogen and oxygen atoms in total. The van der Waals surface area contributed by atoms with Crippen LogP contribution in [0, 0.1) is 0 Å². The lowest BCUT2D eigenvalue weighted by atomic mass is 9.98. The first-order valence-corrected chi connectivity index (χ1v) is 12.8. The van der Waals surface area contributed by atoms with Gasteiger partial charge in [0.05, 0.1) is 31.0 Å². The summed E-state index contributed by atoms with van der Waals surface area (Å²) in [7, 11) is 0. The van der Waals surface area contributed by atoms with Gasteiger partial charge in [-0.2, -0.15) is 0 Å². The van der Waals surface area contributed by atoms with E-state index in [1.807, 2.05) is 18.3 Å². The van der Waals surface area contributed by atoms with E-state index < -0.39 is 0 Å². The van der Waals surface area contributed by atoms with Crippen LogP contribution >= 0.6 is 12.2 Å². The molecular formula is C27H31N5OS. The van der Waals surface area contributed by atoms with Gasteiger partial charge in [0.1, 0.15) is 0 Å². The van der Waals surface area contributed by atoms with Gasteiger partial charge in [0, 0.05) is 49.1 Å². The highest BCUT2D eigenvalue weighted by Gasteiger charge is 2.41. The first-order chi connectivity index (χ1) is 16.8. The number of benzene rings is 1. The van der Waals surface area contributed by atoms with Gasteiger partial charge in [-0.1, -0.05) is 18.9 Å². The van der Waals surface area contributed by atoms with Crippen LogP contribution in [-0.2, 0) is 4.74 Å². The first kappa shape index (κ1) is 21.6. The summed E-state index contributed by atoms with van der Waals surface area (Å²) in [5.74, 6) is 0. The van der Waals surface area contributed by atoms with E-state index in [0.29, 0.717) is 6.04 Å². The summed E-state index contributed by atoms with van der Waals surface area (Å²) < 4.78 is 7.93. The van der Waals surface area contributed by atoms with Gasteiger partial charge in [-0.05, 0) is 73.1 Å². The highest BCUT2D eigenvalue weighted by Crippen LogP contribution is 2.42. The fourth-order valence-electron chi connectivity index (χ4n) is 5.65. The third kappa shape index (κ3) is 4.07. The number of thiocarbonyl (C=S) groups is 1. The Labute approximate surface area is 206 Å². The molecule has 2 atom stereocenters. The maximum atomic E-state index is 5.90. The summed E-state index contributed by atoms with van der Waals surface area (Å²) in [6.45, 7) is 3.44. The second kappa shape index (κ2) is 9.39. The predicted octanol–water partition coefficient (Wildman–Crippen LogP) is 5.01. The zero-order valence-corrected chi connectivity index (χ0v) is 20.2. The number of ether oxygens (including phenoxy) is 1. The quantitative estimate of drug-likeness (QED) is 0.526. The van der Waals surface area contributed by atoms with E-state index in [0.717, 1.165) is 42.8 Å². The van der Waals surface area contributed by atoms with Gasteiger partial charge in [0.2, 0.25) is 0 Å². The fourth-order valence-corrected chi connectivity index (χ4v) is 6.00. The lowest BCUT2D eigenvalue weighted by molar-refractivity contribution is 0.122. The van der Waals surface area contributed by atoms with Crippen molar-refractivity contribution in [2.45, 2.75) is 43.8 Å². The van der Waals surface area contributed by atoms with Crippen molar-refractivity contribution < 1.29 is 4.74 Å². The number of rotatable bonds is 5. The summed E-state index contributed by atoms with van der Waals surface area (Å²) in [5.41, 5.74) is 4.62. The third-order valence-corrected chi connectivity index (χ3v) is 7.74. The van der Waals surface area contributed by atoms with Crippen molar-refractivity contribution in [2.24, 2.45) is 0 Å². The van der Waals surface area contributed by atoms with E-state index in [-0.39, 0.29) is 12.1 Å². The zero-order chi connectivity index (χ0) is 22.9. The number of nitrogens with one attached hydrogen (secondary N) is 1. The molecule has 3 fully saturated rings. The Bertz CT molecular complexity index is 1120. The number of morpholine rings is 1. The Kier molecular flexibility index (Phi) is 5.97. The zero-order valence-electron chi connectivity index (χ0n) is 19.3. The van der Waals surface area contributed by atoms with E-state index >= 15 is 0 Å². The Hall–Kier alpha value is -2.90. The Balaban J connectivity index is 1.34. The maximum Gasteiger partial charge on any atom is 0.174 e. The second-order valence-corrected chi connectivity index (χ2v) is 9.83. The molecule has 176 valence electrons. The smallest absolute Gasteiger partial charge is 0.174 e. The predicted molar refractivity (Wildman–Crippen MR) is 139 cm³/mol. The van der Waals surface area contributed by atoms with Crippen molar-refractivity contribution in [3.63, 3.8) is 0 Å². The summed E-state index contributed by atoms with van der Waals surface area (Å²) in [4.78, 5) is 9.33. The minimum atomic E-state index is -0.00736. The number of anilines is 2. The lowest BCUT2D eigenvalue weighted by Gasteiger charge is -2.30. The Morgan fingerprint density at radius 1 is 0.941 bits per heavy atom. The van der Waals surface area contributed by atoms with Gasteiger partial charge >= 0.3 is 0 Å². The average Bonchev–Trinajstić information content (AvgIpc) is 3.65. The molecule has 0 unspecified atom stereocenters. The molecule has 0 amide bonds. The highest BCUT2D eigenvalue weighted by molar-refractivity contribution is 7.80. The van der Waals surface area contributed by atoms with E-state index in [1.54, 1.807) is 0 Å². The van der Waals surface area contributed by atoms with E-state index in [1.165, 1.54) is 36.9 Å². The SMILES string of the molecule is S=C1N[C@H](c2ccccn2)[C@H](c2ccn(C3CCCC3)c2)N1c1ccc(N2CCOCC2)cc1. The van der Waals surface area contributed by atoms with Crippen LogP contribution < -0.4 is 15.1 Å². The Morgan fingerprint density at radius 3 is 2.44 bits per heavy atom. The second-order valence-electron chi connectivity index (χ2n) is 9.44.